The minimum atomic E-state index is 0.379. The molecule has 1 N–H and O–H groups in total. The summed E-state index contributed by atoms with van der Waals surface area (Å²) in [5.41, 5.74) is 0. The van der Waals surface area contributed by atoms with Crippen LogP contribution in [0.2, 0.25) is 0 Å². The molecule has 0 saturated carbocycles. The lowest BCUT2D eigenvalue weighted by Crippen LogP contribution is -2.24. The van der Waals surface area contributed by atoms with Crippen molar-refractivity contribution in [2.45, 2.75) is 50.3 Å². The van der Waals surface area contributed by atoms with Crippen molar-refractivity contribution in [1.29, 1.82) is 0 Å². The third kappa shape index (κ3) is 3.65. The summed E-state index contributed by atoms with van der Waals surface area (Å²) < 4.78 is 5.31. The number of hydrogen-bond donors (Lipinski definition) is 1. The number of hydrogen-bond acceptors (Lipinski definition) is 6. The van der Waals surface area contributed by atoms with Crippen LogP contribution < -0.4 is 5.32 Å². The average Bonchev–Trinajstić information content (AvgIpc) is 2.85. The van der Waals surface area contributed by atoms with E-state index < -0.39 is 0 Å². The van der Waals surface area contributed by atoms with E-state index in [-0.39, 0.29) is 0 Å². The highest BCUT2D eigenvalue weighted by molar-refractivity contribution is 8.06. The van der Waals surface area contributed by atoms with Crippen molar-refractivity contribution in [3.8, 4) is 0 Å². The third-order valence-corrected chi connectivity index (χ3v) is 6.23. The van der Waals surface area contributed by atoms with Crippen LogP contribution >= 0.6 is 23.5 Å². The van der Waals surface area contributed by atoms with Gasteiger partial charge in [-0.25, -0.2) is 0 Å². The van der Waals surface area contributed by atoms with Gasteiger partial charge in [0.25, 0.3) is 0 Å². The topological polar surface area (TPSA) is 51.0 Å². The van der Waals surface area contributed by atoms with Crippen LogP contribution in [0.25, 0.3) is 0 Å². The van der Waals surface area contributed by atoms with E-state index in [4.69, 9.17) is 4.52 Å². The lowest BCUT2D eigenvalue weighted by Gasteiger charge is -2.24. The second-order valence-electron chi connectivity index (χ2n) is 4.60. The predicted molar refractivity (Wildman–Crippen MR) is 78.0 cm³/mol. The summed E-state index contributed by atoms with van der Waals surface area (Å²) in [5, 5.41) is 8.45. The van der Waals surface area contributed by atoms with Gasteiger partial charge < -0.3 is 9.84 Å². The van der Waals surface area contributed by atoms with Crippen molar-refractivity contribution in [1.82, 2.24) is 15.5 Å². The Kier molecular flexibility index (Phi) is 5.38. The number of aromatic nitrogens is 2. The standard InChI is InChI=1S/C12H21N3OS2/c1-4-8(2)13-7-10-14-12(15-16-10)11-9(3)17-5-6-18-11/h8-9,11,13H,4-7H2,1-3H3. The van der Waals surface area contributed by atoms with Crippen molar-refractivity contribution < 1.29 is 4.52 Å². The normalized spacial score (nSPS) is 26.2. The van der Waals surface area contributed by atoms with Crippen LogP contribution in [0.3, 0.4) is 0 Å². The molecule has 3 unspecified atom stereocenters. The first-order valence-corrected chi connectivity index (χ1v) is 8.59. The monoisotopic (exact) mass is 287 g/mol. The van der Waals surface area contributed by atoms with E-state index in [0.717, 1.165) is 12.2 Å². The Hall–Kier alpha value is -0.200. The van der Waals surface area contributed by atoms with Crippen molar-refractivity contribution in [3.63, 3.8) is 0 Å². The fourth-order valence-corrected chi connectivity index (χ4v) is 4.46. The SMILES string of the molecule is CCC(C)NCc1nc(C2SCCSC2C)no1. The summed E-state index contributed by atoms with van der Waals surface area (Å²) in [4.78, 5) is 4.52. The van der Waals surface area contributed by atoms with E-state index in [2.05, 4.69) is 36.2 Å². The molecule has 1 aromatic heterocycles. The molecule has 1 aromatic rings. The van der Waals surface area contributed by atoms with Gasteiger partial charge in [-0.05, 0) is 13.3 Å². The van der Waals surface area contributed by atoms with Crippen molar-refractivity contribution >= 4 is 23.5 Å². The Morgan fingerprint density at radius 3 is 2.94 bits per heavy atom. The highest BCUT2D eigenvalue weighted by Gasteiger charge is 2.28. The van der Waals surface area contributed by atoms with Crippen molar-refractivity contribution in [3.05, 3.63) is 11.7 Å². The molecule has 0 bridgehead atoms. The largest absolute Gasteiger partial charge is 0.338 e. The van der Waals surface area contributed by atoms with Gasteiger partial charge in [0.05, 0.1) is 11.8 Å². The van der Waals surface area contributed by atoms with Crippen molar-refractivity contribution in [2.75, 3.05) is 11.5 Å². The van der Waals surface area contributed by atoms with E-state index in [0.29, 0.717) is 29.0 Å². The van der Waals surface area contributed by atoms with Gasteiger partial charge in [-0.2, -0.15) is 16.7 Å². The Labute approximate surface area is 117 Å². The zero-order valence-electron chi connectivity index (χ0n) is 11.2. The first kappa shape index (κ1) is 14.2. The molecule has 102 valence electrons. The summed E-state index contributed by atoms with van der Waals surface area (Å²) in [6.45, 7) is 7.23. The van der Waals surface area contributed by atoms with Crippen LogP contribution in [-0.4, -0.2) is 32.9 Å². The Morgan fingerprint density at radius 1 is 1.44 bits per heavy atom. The second-order valence-corrected chi connectivity index (χ2v) is 7.34. The van der Waals surface area contributed by atoms with Gasteiger partial charge >= 0.3 is 0 Å². The van der Waals surface area contributed by atoms with E-state index in [1.165, 1.54) is 11.5 Å². The van der Waals surface area contributed by atoms with Gasteiger partial charge in [-0.1, -0.05) is 19.0 Å². The Balaban J connectivity index is 1.92. The molecule has 18 heavy (non-hydrogen) atoms. The maximum absolute atomic E-state index is 5.31. The quantitative estimate of drug-likeness (QED) is 0.898. The van der Waals surface area contributed by atoms with E-state index in [1.54, 1.807) is 0 Å². The summed E-state index contributed by atoms with van der Waals surface area (Å²) in [6, 6.07) is 0.485. The van der Waals surface area contributed by atoms with Crippen LogP contribution in [-0.2, 0) is 6.54 Å². The first-order valence-electron chi connectivity index (χ1n) is 6.49. The summed E-state index contributed by atoms with van der Waals surface area (Å²) in [5.74, 6) is 3.96. The number of nitrogens with one attached hydrogen (secondary N) is 1. The number of thioether (sulfide) groups is 2. The molecule has 1 fully saturated rings. The molecule has 1 aliphatic rings. The Morgan fingerprint density at radius 2 is 2.22 bits per heavy atom. The fourth-order valence-electron chi connectivity index (χ4n) is 1.78. The number of nitrogens with zero attached hydrogens (tertiary/aromatic N) is 2. The third-order valence-electron chi connectivity index (χ3n) is 3.14. The van der Waals surface area contributed by atoms with E-state index >= 15 is 0 Å². The van der Waals surface area contributed by atoms with Crippen LogP contribution in [0.15, 0.2) is 4.52 Å². The lowest BCUT2D eigenvalue weighted by molar-refractivity contribution is 0.354. The van der Waals surface area contributed by atoms with Gasteiger partial charge in [-0.3, -0.25) is 0 Å². The van der Waals surface area contributed by atoms with E-state index in [9.17, 15) is 0 Å². The molecule has 0 aliphatic carbocycles. The molecular weight excluding hydrogens is 266 g/mol. The smallest absolute Gasteiger partial charge is 0.240 e. The molecule has 0 amide bonds. The molecule has 6 heteroatoms. The van der Waals surface area contributed by atoms with Crippen LogP contribution in [0.4, 0.5) is 0 Å². The first-order chi connectivity index (χ1) is 8.70. The highest BCUT2D eigenvalue weighted by atomic mass is 32.2. The lowest BCUT2D eigenvalue weighted by atomic mass is 10.2. The summed E-state index contributed by atoms with van der Waals surface area (Å²) >= 11 is 3.93. The maximum Gasteiger partial charge on any atom is 0.240 e. The van der Waals surface area contributed by atoms with Gasteiger partial charge in [0.1, 0.15) is 0 Å². The molecular formula is C12H21N3OS2. The zero-order valence-corrected chi connectivity index (χ0v) is 12.8. The summed E-state index contributed by atoms with van der Waals surface area (Å²) in [6.07, 6.45) is 1.10. The molecule has 2 rings (SSSR count). The molecule has 0 spiro atoms. The number of rotatable bonds is 5. The molecule has 1 saturated heterocycles. The predicted octanol–water partition coefficient (Wildman–Crippen LogP) is 2.87. The molecule has 0 aromatic carbocycles. The van der Waals surface area contributed by atoms with Gasteiger partial charge in [0, 0.05) is 22.8 Å². The van der Waals surface area contributed by atoms with Gasteiger partial charge in [0.15, 0.2) is 5.82 Å². The van der Waals surface area contributed by atoms with E-state index in [1.807, 2.05) is 23.5 Å². The van der Waals surface area contributed by atoms with Gasteiger partial charge in [0.2, 0.25) is 5.89 Å². The average molecular weight is 287 g/mol. The minimum absolute atomic E-state index is 0.379. The maximum atomic E-state index is 5.31. The minimum Gasteiger partial charge on any atom is -0.338 e. The molecule has 3 atom stereocenters. The fraction of sp³-hybridized carbons (Fsp3) is 0.833. The molecule has 2 heterocycles. The molecule has 4 nitrogen and oxygen atoms in total. The second kappa shape index (κ2) is 6.82. The zero-order chi connectivity index (χ0) is 13.0. The van der Waals surface area contributed by atoms with Crippen LogP contribution in [0.1, 0.15) is 44.2 Å². The van der Waals surface area contributed by atoms with Gasteiger partial charge in [-0.15, -0.1) is 11.8 Å². The highest BCUT2D eigenvalue weighted by Crippen LogP contribution is 2.40. The molecule has 0 radical (unpaired) electrons. The Bertz CT molecular complexity index is 372. The van der Waals surface area contributed by atoms with Crippen LogP contribution in [0, 0.1) is 0 Å². The summed E-state index contributed by atoms with van der Waals surface area (Å²) in [7, 11) is 0. The van der Waals surface area contributed by atoms with Crippen molar-refractivity contribution in [2.24, 2.45) is 0 Å². The van der Waals surface area contributed by atoms with Crippen LogP contribution in [0.5, 0.6) is 0 Å². The molecule has 1 aliphatic heterocycles.